The Balaban J connectivity index is 0.00000484. The third-order valence-electron chi connectivity index (χ3n) is 8.29. The second kappa shape index (κ2) is 15.6. The first kappa shape index (κ1) is 34.5. The predicted octanol–water partition coefficient (Wildman–Crippen LogP) is 6.46. The minimum atomic E-state index is -2.93. The van der Waals surface area contributed by atoms with Gasteiger partial charge in [-0.3, -0.25) is 18.2 Å². The van der Waals surface area contributed by atoms with Gasteiger partial charge in [-0.05, 0) is 75.1 Å². The molecule has 2 aromatic rings. The first-order valence-electron chi connectivity index (χ1n) is 15.3. The Morgan fingerprint density at radius 2 is 1.83 bits per heavy atom. The molecule has 0 bridgehead atoms. The molecule has 2 atom stereocenters. The lowest BCUT2D eigenvalue weighted by atomic mass is 9.99. The molecule has 1 aliphatic heterocycles. The lowest BCUT2D eigenvalue weighted by molar-refractivity contribution is 0.0821. The van der Waals surface area contributed by atoms with Crippen LogP contribution in [0.15, 0.2) is 48.5 Å². The number of amides is 1. The van der Waals surface area contributed by atoms with E-state index in [1.165, 1.54) is 12.8 Å². The third-order valence-corrected chi connectivity index (χ3v) is 10.2. The van der Waals surface area contributed by atoms with Crippen LogP contribution < -0.4 is 20.3 Å². The fourth-order valence-electron chi connectivity index (χ4n) is 5.68. The lowest BCUT2D eigenvalue weighted by Crippen LogP contribution is -2.50. The molecule has 2 aliphatic rings. The van der Waals surface area contributed by atoms with Crippen molar-refractivity contribution in [2.24, 2.45) is 5.92 Å². The van der Waals surface area contributed by atoms with Gasteiger partial charge in [0.1, 0.15) is 0 Å². The van der Waals surface area contributed by atoms with Crippen molar-refractivity contribution in [2.75, 3.05) is 35.0 Å². The summed E-state index contributed by atoms with van der Waals surface area (Å²) in [6, 6.07) is 14.8. The average Bonchev–Trinajstić information content (AvgIpc) is 3.71. The van der Waals surface area contributed by atoms with Gasteiger partial charge < -0.3 is 21.1 Å². The number of carbonyl (C=O) groups excluding carboxylic acids is 1. The summed E-state index contributed by atoms with van der Waals surface area (Å²) < 4.78 is 23.1. The van der Waals surface area contributed by atoms with Crippen molar-refractivity contribution in [1.82, 2.24) is 10.6 Å². The minimum Gasteiger partial charge on any atom is -0.390 e. The van der Waals surface area contributed by atoms with Crippen molar-refractivity contribution < 1.29 is 19.0 Å². The second-order valence-electron chi connectivity index (χ2n) is 12.2. The van der Waals surface area contributed by atoms with E-state index in [-0.39, 0.29) is 23.9 Å². The van der Waals surface area contributed by atoms with E-state index in [4.69, 9.17) is 0 Å². The second-order valence-corrected chi connectivity index (χ2v) is 14.3. The average molecular weight is 623 g/mol. The lowest BCUT2D eigenvalue weighted by Gasteiger charge is -2.47. The van der Waals surface area contributed by atoms with Gasteiger partial charge in [0.15, 0.2) is 0 Å². The number of halogens is 1. The van der Waals surface area contributed by atoms with Crippen LogP contribution in [0.25, 0.3) is 0 Å². The highest BCUT2D eigenvalue weighted by Crippen LogP contribution is 2.50. The first-order valence-corrected chi connectivity index (χ1v) is 17.0. The molecular formula is C32H51ClN4O4S. The molecule has 1 aliphatic carbocycles. The number of carbonyl (C=O) groups is 1. The summed E-state index contributed by atoms with van der Waals surface area (Å²) >= 11 is 0. The molecule has 1 saturated carbocycles. The van der Waals surface area contributed by atoms with E-state index in [0.29, 0.717) is 49.0 Å². The molecule has 0 radical (unpaired) electrons. The summed E-state index contributed by atoms with van der Waals surface area (Å²) in [6.45, 7) is 8.09. The van der Waals surface area contributed by atoms with Gasteiger partial charge in [0.05, 0.1) is 23.6 Å². The molecule has 236 valence electrons. The van der Waals surface area contributed by atoms with E-state index in [9.17, 15) is 19.0 Å². The van der Waals surface area contributed by atoms with Crippen LogP contribution in [0, 0.1) is 5.92 Å². The smallest absolute Gasteiger partial charge is 0.251 e. The Kier molecular flexibility index (Phi) is 12.8. The summed E-state index contributed by atoms with van der Waals surface area (Å²) in [5.74, 6) is 0.727. The highest BCUT2D eigenvalue weighted by atomic mass is 35.5. The zero-order valence-corrected chi connectivity index (χ0v) is 27.0. The third kappa shape index (κ3) is 9.76. The van der Waals surface area contributed by atoms with Crippen molar-refractivity contribution in [3.8, 4) is 0 Å². The number of aliphatic hydroxyl groups is 1. The van der Waals surface area contributed by atoms with Gasteiger partial charge in [-0.1, -0.05) is 57.0 Å². The number of β-amino-alcohol motifs (C(OH)–C–C–N with tert-alkyl or cyclic N) is 1. The molecule has 4 rings (SSSR count). The van der Waals surface area contributed by atoms with E-state index in [2.05, 4.69) is 29.8 Å². The van der Waals surface area contributed by atoms with Crippen molar-refractivity contribution >= 4 is 40.5 Å². The molecule has 2 aromatic carbocycles. The molecule has 10 heteroatoms. The molecule has 1 heterocycles. The Bertz CT molecular complexity index is 1130. The molecule has 1 amide bonds. The van der Waals surface area contributed by atoms with Crippen LogP contribution in [0.3, 0.4) is 0 Å². The van der Waals surface area contributed by atoms with Crippen molar-refractivity contribution in [3.05, 3.63) is 59.7 Å². The van der Waals surface area contributed by atoms with Crippen molar-refractivity contribution in [1.29, 1.82) is 0 Å². The van der Waals surface area contributed by atoms with Crippen LogP contribution in [-0.2, 0) is 6.42 Å². The quantitative estimate of drug-likeness (QED) is 0.135. The fraction of sp³-hybridized carbons (Fsp3) is 0.594. The maximum Gasteiger partial charge on any atom is 0.251 e. The predicted molar refractivity (Wildman–Crippen MR) is 178 cm³/mol. The maximum atomic E-state index is 13.7. The van der Waals surface area contributed by atoms with Gasteiger partial charge in [-0.15, -0.1) is 23.2 Å². The van der Waals surface area contributed by atoms with Crippen molar-refractivity contribution in [3.63, 3.8) is 0 Å². The van der Waals surface area contributed by atoms with Crippen LogP contribution in [0.4, 0.5) is 11.4 Å². The monoisotopic (exact) mass is 622 g/mol. The zero-order chi connectivity index (χ0) is 29.5. The summed E-state index contributed by atoms with van der Waals surface area (Å²) in [4.78, 5) is 13.7. The molecule has 0 unspecified atom stereocenters. The Hall–Kier alpha value is -2.01. The van der Waals surface area contributed by atoms with E-state index in [1.807, 2.05) is 43.3 Å². The van der Waals surface area contributed by atoms with E-state index >= 15 is 0 Å². The number of aliphatic hydroxyl groups excluding tert-OH is 1. The summed E-state index contributed by atoms with van der Waals surface area (Å²) in [5, 5.41) is 21.4. The molecule has 42 heavy (non-hydrogen) atoms. The number of hydrogen-bond acceptors (Lipinski definition) is 7. The molecule has 2 fully saturated rings. The largest absolute Gasteiger partial charge is 0.390 e. The van der Waals surface area contributed by atoms with Crippen LogP contribution >= 0.6 is 23.2 Å². The number of benzene rings is 2. The molecule has 6 N–H and O–H groups in total. The maximum absolute atomic E-state index is 13.7. The van der Waals surface area contributed by atoms with Gasteiger partial charge in [-0.25, -0.2) is 0 Å². The van der Waals surface area contributed by atoms with Gasteiger partial charge >= 0.3 is 0 Å². The molecular weight excluding hydrogens is 572 g/mol. The number of rotatable bonds is 15. The van der Waals surface area contributed by atoms with Crippen LogP contribution in [0.2, 0.25) is 0 Å². The molecule has 1 saturated heterocycles. The van der Waals surface area contributed by atoms with Crippen LogP contribution in [0.1, 0.15) is 81.6 Å². The SMILES string of the molecule is CCNc1cc(C(=O)N[C@@H](Cc2ccccc2)[C@@H](O)CNC2(CCCC(C)C)CC2)cc(N2CCCCS2(O)O)c1.Cl. The molecule has 0 aromatic heterocycles. The van der Waals surface area contributed by atoms with Gasteiger partial charge in [0.2, 0.25) is 0 Å². The van der Waals surface area contributed by atoms with Gasteiger partial charge in [0.25, 0.3) is 5.91 Å². The number of hydrogen-bond donors (Lipinski definition) is 6. The van der Waals surface area contributed by atoms with Crippen LogP contribution in [-0.4, -0.2) is 63.2 Å². The summed E-state index contributed by atoms with van der Waals surface area (Å²) in [6.07, 6.45) is 7.12. The van der Waals surface area contributed by atoms with E-state index < -0.39 is 22.9 Å². The first-order chi connectivity index (χ1) is 19.6. The van der Waals surface area contributed by atoms with Gasteiger partial charge in [-0.2, -0.15) is 0 Å². The topological polar surface area (TPSA) is 117 Å². The van der Waals surface area contributed by atoms with Gasteiger partial charge in [0, 0.05) is 36.4 Å². The van der Waals surface area contributed by atoms with Crippen LogP contribution in [0.5, 0.6) is 0 Å². The number of nitrogens with zero attached hydrogens (tertiary/aromatic N) is 1. The van der Waals surface area contributed by atoms with E-state index in [1.54, 1.807) is 16.4 Å². The fourth-order valence-corrected chi connectivity index (χ4v) is 7.36. The Labute approximate surface area is 259 Å². The summed E-state index contributed by atoms with van der Waals surface area (Å²) in [7, 11) is -2.93. The number of nitrogens with one attached hydrogen (secondary N) is 3. The molecule has 0 spiro atoms. The summed E-state index contributed by atoms with van der Waals surface area (Å²) in [5.41, 5.74) is 2.94. The standard InChI is InChI=1S/C32H50N4O4S.ClH/c1-4-33-27-20-26(21-28(22-27)36-17-8-9-18-41(36,39)40)31(38)35-29(19-25-12-6-5-7-13-25)30(37)23-34-32(15-16-32)14-10-11-24(2)3;/h5-7,12-13,20-22,24,29-30,33-34,37,39-40H,4,8-11,14-19,23H2,1-3H3,(H,35,38);1H/t29-,30-;/m0./s1. The highest BCUT2D eigenvalue weighted by Gasteiger charge is 2.42. The zero-order valence-electron chi connectivity index (χ0n) is 25.3. The number of anilines is 2. The van der Waals surface area contributed by atoms with E-state index in [0.717, 1.165) is 43.4 Å². The Morgan fingerprint density at radius 3 is 2.48 bits per heavy atom. The Morgan fingerprint density at radius 1 is 1.10 bits per heavy atom. The van der Waals surface area contributed by atoms with Crippen molar-refractivity contribution in [2.45, 2.75) is 89.8 Å². The normalized spacial score (nSPS) is 19.4. The molecule has 8 nitrogen and oxygen atoms in total. The minimum absolute atomic E-state index is 0. The highest BCUT2D eigenvalue weighted by molar-refractivity contribution is 8.25.